The third-order valence-corrected chi connectivity index (χ3v) is 3.36. The second kappa shape index (κ2) is 6.89. The van der Waals surface area contributed by atoms with E-state index < -0.39 is 0 Å². The van der Waals surface area contributed by atoms with Gasteiger partial charge in [0.1, 0.15) is 0 Å². The van der Waals surface area contributed by atoms with Crippen molar-refractivity contribution in [1.82, 2.24) is 10.2 Å². The minimum Gasteiger partial charge on any atom is -0.374 e. The molecule has 1 aliphatic heterocycles. The molecule has 2 rings (SSSR count). The number of halogens is 1. The SMILES string of the molecule is CN1CCOC(CNC(=O)Cc2cccc(Cl)c2)C1. The number of hydrogen-bond donors (Lipinski definition) is 1. The number of rotatable bonds is 4. The van der Waals surface area contributed by atoms with E-state index in [4.69, 9.17) is 16.3 Å². The number of hydrogen-bond acceptors (Lipinski definition) is 3. The first-order valence-electron chi connectivity index (χ1n) is 6.45. The Hall–Kier alpha value is -1.10. The lowest BCUT2D eigenvalue weighted by Crippen LogP contribution is -2.46. The Morgan fingerprint density at radius 2 is 2.42 bits per heavy atom. The van der Waals surface area contributed by atoms with Crippen LogP contribution in [0.1, 0.15) is 5.56 Å². The molecule has 1 aromatic carbocycles. The highest BCUT2D eigenvalue weighted by atomic mass is 35.5. The summed E-state index contributed by atoms with van der Waals surface area (Å²) in [6.45, 7) is 3.10. The molecule has 1 amide bonds. The van der Waals surface area contributed by atoms with E-state index in [1.54, 1.807) is 6.07 Å². The van der Waals surface area contributed by atoms with Gasteiger partial charge >= 0.3 is 0 Å². The summed E-state index contributed by atoms with van der Waals surface area (Å²) < 4.78 is 5.59. The zero-order chi connectivity index (χ0) is 13.7. The minimum atomic E-state index is -0.000840. The van der Waals surface area contributed by atoms with E-state index in [1.165, 1.54) is 0 Å². The van der Waals surface area contributed by atoms with Crippen molar-refractivity contribution in [2.75, 3.05) is 33.3 Å². The number of benzene rings is 1. The van der Waals surface area contributed by atoms with Gasteiger partial charge in [-0.25, -0.2) is 0 Å². The van der Waals surface area contributed by atoms with Crippen molar-refractivity contribution in [3.8, 4) is 0 Å². The lowest BCUT2D eigenvalue weighted by Gasteiger charge is -2.30. The molecule has 1 atom stereocenters. The molecule has 1 fully saturated rings. The minimum absolute atomic E-state index is 0.000840. The summed E-state index contributed by atoms with van der Waals surface area (Å²) in [5.74, 6) is -0.000840. The van der Waals surface area contributed by atoms with E-state index in [0.29, 0.717) is 18.0 Å². The molecule has 1 unspecified atom stereocenters. The highest BCUT2D eigenvalue weighted by Crippen LogP contribution is 2.11. The normalized spacial score (nSPS) is 20.2. The lowest BCUT2D eigenvalue weighted by molar-refractivity contribution is -0.121. The number of morpholine rings is 1. The Kier molecular flexibility index (Phi) is 5.19. The van der Waals surface area contributed by atoms with Gasteiger partial charge < -0.3 is 15.0 Å². The topological polar surface area (TPSA) is 41.6 Å². The number of carbonyl (C=O) groups is 1. The van der Waals surface area contributed by atoms with Gasteiger partial charge in [-0.1, -0.05) is 23.7 Å². The molecule has 0 bridgehead atoms. The Labute approximate surface area is 118 Å². The van der Waals surface area contributed by atoms with E-state index in [1.807, 2.05) is 18.2 Å². The van der Waals surface area contributed by atoms with Crippen LogP contribution in [0.15, 0.2) is 24.3 Å². The monoisotopic (exact) mass is 282 g/mol. The molecule has 0 spiro atoms. The van der Waals surface area contributed by atoms with Gasteiger partial charge in [0.05, 0.1) is 19.1 Å². The summed E-state index contributed by atoms with van der Waals surface area (Å²) in [6, 6.07) is 7.36. The largest absolute Gasteiger partial charge is 0.374 e. The molecule has 1 aliphatic rings. The van der Waals surface area contributed by atoms with Gasteiger partial charge in [0, 0.05) is 24.7 Å². The quantitative estimate of drug-likeness (QED) is 0.906. The summed E-state index contributed by atoms with van der Waals surface area (Å²) >= 11 is 5.89. The second-order valence-corrected chi connectivity index (χ2v) is 5.30. The van der Waals surface area contributed by atoms with Crippen LogP contribution in [0.2, 0.25) is 5.02 Å². The van der Waals surface area contributed by atoms with Gasteiger partial charge in [0.2, 0.25) is 5.91 Å². The Balaban J connectivity index is 1.75. The van der Waals surface area contributed by atoms with Gasteiger partial charge in [0.25, 0.3) is 0 Å². The van der Waals surface area contributed by atoms with Crippen molar-refractivity contribution >= 4 is 17.5 Å². The van der Waals surface area contributed by atoms with Crippen LogP contribution in [0.3, 0.4) is 0 Å². The van der Waals surface area contributed by atoms with E-state index in [9.17, 15) is 4.79 Å². The molecule has 0 saturated carbocycles. The number of amides is 1. The van der Waals surface area contributed by atoms with E-state index in [2.05, 4.69) is 17.3 Å². The maximum atomic E-state index is 11.8. The number of nitrogens with one attached hydrogen (secondary N) is 1. The molecule has 1 heterocycles. The molecular weight excluding hydrogens is 264 g/mol. The Bertz CT molecular complexity index is 439. The van der Waals surface area contributed by atoms with Crippen molar-refractivity contribution < 1.29 is 9.53 Å². The van der Waals surface area contributed by atoms with Gasteiger partial charge in [-0.15, -0.1) is 0 Å². The fourth-order valence-corrected chi connectivity index (χ4v) is 2.33. The van der Waals surface area contributed by atoms with Gasteiger partial charge in [-0.3, -0.25) is 4.79 Å². The Morgan fingerprint density at radius 1 is 1.58 bits per heavy atom. The maximum Gasteiger partial charge on any atom is 0.224 e. The van der Waals surface area contributed by atoms with Gasteiger partial charge in [-0.05, 0) is 24.7 Å². The molecule has 0 aliphatic carbocycles. The summed E-state index contributed by atoms with van der Waals surface area (Å²) in [7, 11) is 2.06. The van der Waals surface area contributed by atoms with Crippen molar-refractivity contribution in [2.45, 2.75) is 12.5 Å². The fourth-order valence-electron chi connectivity index (χ4n) is 2.11. The number of ether oxygens (including phenoxy) is 1. The first-order chi connectivity index (χ1) is 9.13. The van der Waals surface area contributed by atoms with Crippen LogP contribution in [0, 0.1) is 0 Å². The molecule has 19 heavy (non-hydrogen) atoms. The smallest absolute Gasteiger partial charge is 0.224 e. The van der Waals surface area contributed by atoms with Crippen LogP contribution in [-0.2, 0) is 16.0 Å². The average molecular weight is 283 g/mol. The third-order valence-electron chi connectivity index (χ3n) is 3.12. The zero-order valence-electron chi connectivity index (χ0n) is 11.1. The third kappa shape index (κ3) is 4.82. The summed E-state index contributed by atoms with van der Waals surface area (Å²) in [4.78, 5) is 14.0. The van der Waals surface area contributed by atoms with Gasteiger partial charge in [0.15, 0.2) is 0 Å². The number of likely N-dealkylation sites (N-methyl/N-ethyl adjacent to an activating group) is 1. The lowest BCUT2D eigenvalue weighted by atomic mass is 10.1. The molecule has 1 N–H and O–H groups in total. The van der Waals surface area contributed by atoms with Crippen LogP contribution < -0.4 is 5.32 Å². The van der Waals surface area contributed by atoms with Crippen LogP contribution in [0.5, 0.6) is 0 Å². The predicted octanol–water partition coefficient (Wildman–Crippen LogP) is 1.33. The van der Waals surface area contributed by atoms with E-state index in [-0.39, 0.29) is 12.0 Å². The van der Waals surface area contributed by atoms with Crippen molar-refractivity contribution in [3.63, 3.8) is 0 Å². The van der Waals surface area contributed by atoms with Crippen LogP contribution in [-0.4, -0.2) is 50.2 Å². The maximum absolute atomic E-state index is 11.8. The molecule has 0 aromatic heterocycles. The summed E-state index contributed by atoms with van der Waals surface area (Å²) in [5, 5.41) is 3.56. The number of carbonyl (C=O) groups excluding carboxylic acids is 1. The van der Waals surface area contributed by atoms with Gasteiger partial charge in [-0.2, -0.15) is 0 Å². The summed E-state index contributed by atoms with van der Waals surface area (Å²) in [5.41, 5.74) is 0.923. The first-order valence-corrected chi connectivity index (χ1v) is 6.82. The molecule has 1 saturated heterocycles. The fraction of sp³-hybridized carbons (Fsp3) is 0.500. The van der Waals surface area contributed by atoms with Crippen LogP contribution >= 0.6 is 11.6 Å². The zero-order valence-corrected chi connectivity index (χ0v) is 11.8. The van der Waals surface area contributed by atoms with Crippen molar-refractivity contribution in [3.05, 3.63) is 34.9 Å². The van der Waals surface area contributed by atoms with Crippen LogP contribution in [0.25, 0.3) is 0 Å². The number of nitrogens with zero attached hydrogens (tertiary/aromatic N) is 1. The van der Waals surface area contributed by atoms with Crippen molar-refractivity contribution in [1.29, 1.82) is 0 Å². The molecule has 1 aromatic rings. The Morgan fingerprint density at radius 3 is 3.16 bits per heavy atom. The molecular formula is C14H19ClN2O2. The molecule has 0 radical (unpaired) electrons. The average Bonchev–Trinajstić information content (AvgIpc) is 2.36. The highest BCUT2D eigenvalue weighted by molar-refractivity contribution is 6.30. The molecule has 5 heteroatoms. The second-order valence-electron chi connectivity index (χ2n) is 4.87. The van der Waals surface area contributed by atoms with E-state index in [0.717, 1.165) is 25.3 Å². The van der Waals surface area contributed by atoms with Crippen LogP contribution in [0.4, 0.5) is 0 Å². The highest BCUT2D eigenvalue weighted by Gasteiger charge is 2.18. The van der Waals surface area contributed by atoms with Crippen molar-refractivity contribution in [2.24, 2.45) is 0 Å². The molecule has 4 nitrogen and oxygen atoms in total. The first kappa shape index (κ1) is 14.3. The summed E-state index contributed by atoms with van der Waals surface area (Å²) in [6.07, 6.45) is 0.436. The van der Waals surface area contributed by atoms with E-state index >= 15 is 0 Å². The standard InChI is InChI=1S/C14H19ClN2O2/c1-17-5-6-19-13(10-17)9-16-14(18)8-11-3-2-4-12(15)7-11/h2-4,7,13H,5-6,8-10H2,1H3,(H,16,18). The molecule has 104 valence electrons. The predicted molar refractivity (Wildman–Crippen MR) is 75.4 cm³/mol.